The van der Waals surface area contributed by atoms with Gasteiger partial charge in [-0.05, 0) is 19.9 Å². The summed E-state index contributed by atoms with van der Waals surface area (Å²) in [6.07, 6.45) is -2.19. The molecule has 0 bridgehead atoms. The van der Waals surface area contributed by atoms with Crippen LogP contribution in [0.4, 0.5) is 15.3 Å². The molecule has 0 aromatic heterocycles. The number of nitro benzene ring substituents is 1. The smallest absolute Gasteiger partial charge is 0.493 e. The maximum atomic E-state index is 11.8. The Hall–Kier alpha value is -4.82. The number of nitro groups is 1. The monoisotopic (exact) mass is 555 g/mol. The first-order valence-corrected chi connectivity index (χ1v) is 11.2. The van der Waals surface area contributed by atoms with Gasteiger partial charge in [0.25, 0.3) is 5.69 Å². The largest absolute Gasteiger partial charge is 0.508 e. The zero-order valence-electron chi connectivity index (χ0n) is 21.7. The number of carbonyl (C=O) groups excluding carboxylic acids is 4. The van der Waals surface area contributed by atoms with Crippen LogP contribution in [-0.2, 0) is 44.6 Å². The Bertz CT molecular complexity index is 1080. The summed E-state index contributed by atoms with van der Waals surface area (Å²) < 4.78 is 39.2. The quantitative estimate of drug-likeness (QED) is 0.0723. The second-order valence-corrected chi connectivity index (χ2v) is 7.40. The molecule has 0 heterocycles. The van der Waals surface area contributed by atoms with E-state index < -0.39 is 41.5 Å². The molecule has 0 saturated carbocycles. The molecule has 15 heteroatoms. The molecule has 0 N–H and O–H groups in total. The van der Waals surface area contributed by atoms with Crippen molar-refractivity contribution in [3.63, 3.8) is 0 Å². The van der Waals surface area contributed by atoms with Gasteiger partial charge in [0.1, 0.15) is 46.2 Å². The Balaban J connectivity index is 2.57. The van der Waals surface area contributed by atoms with Crippen LogP contribution in [0.5, 0.6) is 11.5 Å². The molecule has 1 aromatic carbocycles. The zero-order chi connectivity index (χ0) is 29.4. The van der Waals surface area contributed by atoms with Gasteiger partial charge in [0, 0.05) is 11.1 Å². The van der Waals surface area contributed by atoms with Gasteiger partial charge in [-0.15, -0.1) is 0 Å². The maximum absolute atomic E-state index is 11.8. The van der Waals surface area contributed by atoms with Crippen molar-refractivity contribution < 1.29 is 62.0 Å². The van der Waals surface area contributed by atoms with E-state index in [0.717, 1.165) is 6.07 Å². The van der Waals surface area contributed by atoms with Crippen LogP contribution in [0.2, 0.25) is 0 Å². The van der Waals surface area contributed by atoms with Gasteiger partial charge in [-0.1, -0.05) is 13.2 Å². The molecule has 0 unspecified atom stereocenters. The Morgan fingerprint density at radius 3 is 1.67 bits per heavy atom. The van der Waals surface area contributed by atoms with Gasteiger partial charge in [0.2, 0.25) is 0 Å². The molecule has 0 fully saturated rings. The van der Waals surface area contributed by atoms with Crippen molar-refractivity contribution >= 4 is 29.9 Å². The summed E-state index contributed by atoms with van der Waals surface area (Å²) in [7, 11) is 1.29. The van der Waals surface area contributed by atoms with Gasteiger partial charge in [-0.2, -0.15) is 0 Å². The number of hydrogen-bond donors (Lipinski definition) is 0. The number of esters is 2. The molecule has 1 aromatic rings. The lowest BCUT2D eigenvalue weighted by Gasteiger charge is -2.13. The van der Waals surface area contributed by atoms with E-state index in [4.69, 9.17) is 37.9 Å². The van der Waals surface area contributed by atoms with Crippen LogP contribution < -0.4 is 9.47 Å². The summed E-state index contributed by atoms with van der Waals surface area (Å²) in [5.74, 6) is -1.25. The molecule has 0 atom stereocenters. The number of carbonyl (C=O) groups is 4. The lowest BCUT2D eigenvalue weighted by Crippen LogP contribution is -2.17. The third kappa shape index (κ3) is 12.3. The molecule has 0 aliphatic rings. The van der Waals surface area contributed by atoms with Gasteiger partial charge in [0.05, 0.1) is 23.7 Å². The topological polar surface area (TPSA) is 185 Å². The van der Waals surface area contributed by atoms with E-state index in [-0.39, 0.29) is 67.8 Å². The number of rotatable bonds is 16. The Morgan fingerprint density at radius 2 is 1.21 bits per heavy atom. The zero-order valence-corrected chi connectivity index (χ0v) is 21.7. The van der Waals surface area contributed by atoms with Crippen molar-refractivity contribution in [2.75, 3.05) is 46.8 Å². The van der Waals surface area contributed by atoms with E-state index in [1.54, 1.807) is 0 Å². The minimum Gasteiger partial charge on any atom is -0.493 e. The summed E-state index contributed by atoms with van der Waals surface area (Å²) >= 11 is 0. The fraction of sp³-hybridized carbons (Fsp3) is 0.417. The lowest BCUT2D eigenvalue weighted by molar-refractivity contribution is -0.385. The van der Waals surface area contributed by atoms with E-state index in [1.807, 2.05) is 0 Å². The Kier molecular flexibility index (Phi) is 13.9. The van der Waals surface area contributed by atoms with E-state index in [0.29, 0.717) is 0 Å². The molecular formula is C24H29NO14. The number of methoxy groups -OCH3 is 1. The second kappa shape index (κ2) is 16.8. The summed E-state index contributed by atoms with van der Waals surface area (Å²) in [5, 5.41) is 11.5. The van der Waals surface area contributed by atoms with Crippen molar-refractivity contribution in [3.05, 3.63) is 52.1 Å². The normalized spacial score (nSPS) is 9.92. The van der Waals surface area contributed by atoms with Crippen LogP contribution in [-0.4, -0.2) is 75.9 Å². The van der Waals surface area contributed by atoms with E-state index in [2.05, 4.69) is 13.2 Å². The van der Waals surface area contributed by atoms with Crippen molar-refractivity contribution in [1.29, 1.82) is 0 Å². The highest BCUT2D eigenvalue weighted by Crippen LogP contribution is 2.35. The van der Waals surface area contributed by atoms with Gasteiger partial charge < -0.3 is 37.9 Å². The molecule has 1 rings (SSSR count). The third-order valence-electron chi connectivity index (χ3n) is 4.24. The Labute approximate surface area is 223 Å². The highest BCUT2D eigenvalue weighted by atomic mass is 16.7. The fourth-order valence-corrected chi connectivity index (χ4v) is 2.41. The van der Waals surface area contributed by atoms with Gasteiger partial charge in [-0.3, -0.25) is 10.1 Å². The first-order valence-electron chi connectivity index (χ1n) is 11.2. The SMILES string of the molecule is C=C(C)C(=O)OCCOC(=O)OCCOc1cc([N+](=O)[O-])c(COC(=O)OCCOC(=O)C(=C)C)cc1OC. The number of nitrogens with zero attached hydrogens (tertiary/aromatic N) is 1. The average molecular weight is 555 g/mol. The van der Waals surface area contributed by atoms with Crippen molar-refractivity contribution in [2.45, 2.75) is 20.5 Å². The van der Waals surface area contributed by atoms with Gasteiger partial charge >= 0.3 is 24.2 Å². The lowest BCUT2D eigenvalue weighted by atomic mass is 10.1. The molecule has 39 heavy (non-hydrogen) atoms. The van der Waals surface area contributed by atoms with Crippen molar-refractivity contribution in [2.24, 2.45) is 0 Å². The van der Waals surface area contributed by atoms with E-state index >= 15 is 0 Å². The molecule has 0 aliphatic carbocycles. The second-order valence-electron chi connectivity index (χ2n) is 7.40. The van der Waals surface area contributed by atoms with Crippen LogP contribution in [0.3, 0.4) is 0 Å². The minimum atomic E-state index is -1.15. The van der Waals surface area contributed by atoms with Crippen LogP contribution in [0.1, 0.15) is 19.4 Å². The first kappa shape index (κ1) is 32.2. The third-order valence-corrected chi connectivity index (χ3v) is 4.24. The fourth-order valence-electron chi connectivity index (χ4n) is 2.41. The van der Waals surface area contributed by atoms with Crippen LogP contribution in [0.25, 0.3) is 0 Å². The van der Waals surface area contributed by atoms with Crippen LogP contribution in [0.15, 0.2) is 36.4 Å². The summed E-state index contributed by atoms with van der Waals surface area (Å²) in [6.45, 7) is 7.75. The standard InChI is InChI=1S/C24H29NO14/c1-15(2)21(26)34-7-10-37-23(28)36-9-6-33-20-13-18(25(30)31)17(12-19(20)32-5)14-39-24(29)38-11-8-35-22(27)16(3)4/h12-13H,1,3,6-11,14H2,2,4-5H3. The first-order chi connectivity index (χ1) is 18.5. The molecule has 0 spiro atoms. The number of ether oxygens (including phenoxy) is 8. The minimum absolute atomic E-state index is 0.0259. The predicted molar refractivity (Wildman–Crippen MR) is 130 cm³/mol. The molecule has 15 nitrogen and oxygen atoms in total. The Morgan fingerprint density at radius 1 is 0.744 bits per heavy atom. The van der Waals surface area contributed by atoms with E-state index in [1.165, 1.54) is 27.0 Å². The highest BCUT2D eigenvalue weighted by molar-refractivity contribution is 5.87. The number of hydrogen-bond acceptors (Lipinski definition) is 14. The van der Waals surface area contributed by atoms with Crippen molar-refractivity contribution in [1.82, 2.24) is 0 Å². The van der Waals surface area contributed by atoms with Gasteiger partial charge in [-0.25, -0.2) is 19.2 Å². The maximum Gasteiger partial charge on any atom is 0.508 e. The summed E-state index contributed by atoms with van der Waals surface area (Å²) in [6, 6.07) is 2.28. The van der Waals surface area contributed by atoms with Gasteiger partial charge in [0.15, 0.2) is 11.5 Å². The number of benzene rings is 1. The van der Waals surface area contributed by atoms with Crippen molar-refractivity contribution in [3.8, 4) is 11.5 Å². The molecule has 0 saturated heterocycles. The summed E-state index contributed by atoms with van der Waals surface area (Å²) in [5.41, 5.74) is -0.0955. The molecular weight excluding hydrogens is 526 g/mol. The van der Waals surface area contributed by atoms with E-state index in [9.17, 15) is 29.3 Å². The summed E-state index contributed by atoms with van der Waals surface area (Å²) in [4.78, 5) is 56.6. The van der Waals surface area contributed by atoms with Crippen LogP contribution in [0, 0.1) is 10.1 Å². The predicted octanol–water partition coefficient (Wildman–Crippen LogP) is 3.03. The molecule has 0 radical (unpaired) electrons. The molecule has 214 valence electrons. The molecule has 0 aliphatic heterocycles. The molecule has 0 amide bonds. The average Bonchev–Trinajstić information content (AvgIpc) is 2.89. The van der Waals surface area contributed by atoms with Crippen LogP contribution >= 0.6 is 0 Å². The highest BCUT2D eigenvalue weighted by Gasteiger charge is 2.21.